The Balaban J connectivity index is 1.54. The molecule has 3 N–H and O–H groups in total. The first-order valence-corrected chi connectivity index (χ1v) is 12.2. The van der Waals surface area contributed by atoms with Crippen LogP contribution in [0.15, 0.2) is 55.0 Å². The second-order valence-corrected chi connectivity index (χ2v) is 9.97. The summed E-state index contributed by atoms with van der Waals surface area (Å²) in [6.45, 7) is 10.8. The quantitative estimate of drug-likeness (QED) is 0.329. The lowest BCUT2D eigenvalue weighted by Gasteiger charge is -2.23. The van der Waals surface area contributed by atoms with Gasteiger partial charge < -0.3 is 15.7 Å². The number of fused-ring (bicyclic) bond motifs is 1. The summed E-state index contributed by atoms with van der Waals surface area (Å²) in [6, 6.07) is 14.0. The van der Waals surface area contributed by atoms with Crippen LogP contribution in [-0.4, -0.2) is 36.5 Å². The minimum Gasteiger partial charge on any atom is -0.387 e. The summed E-state index contributed by atoms with van der Waals surface area (Å²) in [5.41, 5.74) is 5.50. The topological polar surface area (TPSA) is 111 Å². The van der Waals surface area contributed by atoms with E-state index < -0.39 is 6.10 Å². The van der Waals surface area contributed by atoms with Crippen LogP contribution in [0, 0.1) is 11.3 Å². The zero-order chi connectivity index (χ0) is 25.9. The van der Waals surface area contributed by atoms with Gasteiger partial charge >= 0.3 is 0 Å². The number of nitriles is 1. The van der Waals surface area contributed by atoms with Crippen molar-refractivity contribution >= 4 is 11.6 Å². The molecule has 3 aromatic heterocycles. The number of β-amino-alcohol motifs (C(OH)–C–C–N with tert-alkyl or cyclic N) is 1. The van der Waals surface area contributed by atoms with Gasteiger partial charge in [0.1, 0.15) is 17.4 Å². The second kappa shape index (κ2) is 10.4. The molecule has 0 amide bonds. The number of rotatable bonds is 8. The minimum atomic E-state index is -0.579. The van der Waals surface area contributed by atoms with Crippen LogP contribution in [0.3, 0.4) is 0 Å². The summed E-state index contributed by atoms with van der Waals surface area (Å²) in [5.74, 6) is 0.427. The van der Waals surface area contributed by atoms with Crippen LogP contribution < -0.4 is 10.6 Å². The Morgan fingerprint density at radius 1 is 1.08 bits per heavy atom. The van der Waals surface area contributed by atoms with Gasteiger partial charge in [-0.15, -0.1) is 0 Å². The average Bonchev–Trinajstić information content (AvgIpc) is 3.31. The molecule has 0 aliphatic heterocycles. The number of imidazole rings is 1. The number of anilines is 1. The molecular weight excluding hydrogens is 450 g/mol. The first-order valence-electron chi connectivity index (χ1n) is 12.2. The Kier molecular flexibility index (Phi) is 7.34. The molecule has 2 atom stereocenters. The highest BCUT2D eigenvalue weighted by atomic mass is 16.3. The number of benzene rings is 1. The Morgan fingerprint density at radius 2 is 1.81 bits per heavy atom. The number of aromatic nitrogens is 4. The van der Waals surface area contributed by atoms with E-state index in [9.17, 15) is 10.4 Å². The molecule has 3 heterocycles. The normalized spacial score (nSPS) is 13.4. The Hall–Kier alpha value is -3.80. The average molecular weight is 484 g/mol. The van der Waals surface area contributed by atoms with Crippen molar-refractivity contribution in [3.05, 3.63) is 77.2 Å². The van der Waals surface area contributed by atoms with Gasteiger partial charge in [-0.2, -0.15) is 5.26 Å². The number of aliphatic hydroxyl groups is 1. The number of nitrogens with zero attached hydrogens (tertiary/aromatic N) is 5. The lowest BCUT2D eigenvalue weighted by atomic mass is 10.0. The van der Waals surface area contributed by atoms with Crippen LogP contribution in [-0.2, 0) is 6.42 Å². The standard InChI is InChI=1S/C28H33N7O/c1-6-19-8-7-13-35-23(16-30-26(19)35)25-22(14-29)15-31-27(34-25)33-18(2)20-9-11-21(12-10-20)24(36)17-32-28(3,4)5/h7-13,15-16,18,24,32,36H,6,17H2,1-5H3,(H,31,33,34)/t18-,24+/m0/s1. The second-order valence-electron chi connectivity index (χ2n) is 9.97. The van der Waals surface area contributed by atoms with E-state index in [4.69, 9.17) is 4.98 Å². The summed E-state index contributed by atoms with van der Waals surface area (Å²) in [4.78, 5) is 13.6. The fourth-order valence-electron chi connectivity index (χ4n) is 4.05. The van der Waals surface area contributed by atoms with Crippen LogP contribution >= 0.6 is 0 Å². The van der Waals surface area contributed by atoms with Crippen LogP contribution in [0.1, 0.15) is 69.0 Å². The lowest BCUT2D eigenvalue weighted by Crippen LogP contribution is -2.38. The third-order valence-corrected chi connectivity index (χ3v) is 6.14. The molecule has 0 saturated carbocycles. The van der Waals surface area contributed by atoms with Crippen molar-refractivity contribution in [2.45, 2.75) is 58.7 Å². The zero-order valence-corrected chi connectivity index (χ0v) is 21.4. The predicted molar refractivity (Wildman–Crippen MR) is 142 cm³/mol. The summed E-state index contributed by atoms with van der Waals surface area (Å²) in [5, 5.41) is 26.9. The van der Waals surface area contributed by atoms with Gasteiger partial charge in [0.05, 0.1) is 35.8 Å². The van der Waals surface area contributed by atoms with E-state index in [0.29, 0.717) is 23.8 Å². The maximum absolute atomic E-state index is 10.5. The van der Waals surface area contributed by atoms with Gasteiger partial charge in [0.25, 0.3) is 0 Å². The van der Waals surface area contributed by atoms with E-state index in [-0.39, 0.29) is 11.6 Å². The zero-order valence-electron chi connectivity index (χ0n) is 21.4. The fraction of sp³-hybridized carbons (Fsp3) is 0.357. The van der Waals surface area contributed by atoms with Crippen molar-refractivity contribution in [1.82, 2.24) is 24.7 Å². The van der Waals surface area contributed by atoms with E-state index in [1.54, 1.807) is 12.4 Å². The Morgan fingerprint density at radius 3 is 2.47 bits per heavy atom. The van der Waals surface area contributed by atoms with Gasteiger partial charge in [0.2, 0.25) is 5.95 Å². The van der Waals surface area contributed by atoms with Gasteiger partial charge in [-0.05, 0) is 56.9 Å². The van der Waals surface area contributed by atoms with Crippen LogP contribution in [0.2, 0.25) is 0 Å². The number of aryl methyl sites for hydroxylation is 1. The summed E-state index contributed by atoms with van der Waals surface area (Å²) < 4.78 is 1.97. The van der Waals surface area contributed by atoms with Gasteiger partial charge in [-0.1, -0.05) is 37.3 Å². The molecule has 1 aromatic carbocycles. The van der Waals surface area contributed by atoms with Crippen molar-refractivity contribution in [3.63, 3.8) is 0 Å². The molecule has 0 bridgehead atoms. The van der Waals surface area contributed by atoms with Crippen molar-refractivity contribution < 1.29 is 5.11 Å². The first kappa shape index (κ1) is 25.3. The molecule has 0 fully saturated rings. The fourth-order valence-corrected chi connectivity index (χ4v) is 4.05. The van der Waals surface area contributed by atoms with Crippen molar-refractivity contribution in [1.29, 1.82) is 5.26 Å². The SMILES string of the molecule is CCc1cccn2c(-c3nc(N[C@@H](C)c4ccc([C@H](O)CNC(C)(C)C)cc4)ncc3C#N)cnc12. The number of aliphatic hydroxyl groups excluding tert-OH is 1. The molecule has 0 saturated heterocycles. The number of nitrogens with one attached hydrogen (secondary N) is 2. The van der Waals surface area contributed by atoms with Crippen molar-refractivity contribution in [2.24, 2.45) is 0 Å². The molecule has 4 rings (SSSR count). The highest BCUT2D eigenvalue weighted by Crippen LogP contribution is 2.26. The summed E-state index contributed by atoms with van der Waals surface area (Å²) in [7, 11) is 0. The molecule has 36 heavy (non-hydrogen) atoms. The Bertz CT molecular complexity index is 1380. The molecule has 0 spiro atoms. The van der Waals surface area contributed by atoms with Crippen molar-refractivity contribution in [2.75, 3.05) is 11.9 Å². The molecule has 0 unspecified atom stereocenters. The van der Waals surface area contributed by atoms with Gasteiger partial charge in [0, 0.05) is 18.3 Å². The predicted octanol–water partition coefficient (Wildman–Crippen LogP) is 4.82. The molecule has 8 heteroatoms. The smallest absolute Gasteiger partial charge is 0.223 e. The maximum atomic E-state index is 10.5. The summed E-state index contributed by atoms with van der Waals surface area (Å²) >= 11 is 0. The monoisotopic (exact) mass is 483 g/mol. The molecule has 0 radical (unpaired) electrons. The van der Waals surface area contributed by atoms with Gasteiger partial charge in [0.15, 0.2) is 0 Å². The van der Waals surface area contributed by atoms with Crippen LogP contribution in [0.4, 0.5) is 5.95 Å². The highest BCUT2D eigenvalue weighted by Gasteiger charge is 2.17. The summed E-state index contributed by atoms with van der Waals surface area (Å²) in [6.07, 6.45) is 5.52. The van der Waals surface area contributed by atoms with E-state index in [1.807, 2.05) is 47.9 Å². The highest BCUT2D eigenvalue weighted by molar-refractivity contribution is 5.68. The van der Waals surface area contributed by atoms with E-state index in [0.717, 1.165) is 34.5 Å². The largest absolute Gasteiger partial charge is 0.387 e. The van der Waals surface area contributed by atoms with Crippen molar-refractivity contribution in [3.8, 4) is 17.5 Å². The van der Waals surface area contributed by atoms with Gasteiger partial charge in [-0.3, -0.25) is 4.40 Å². The van der Waals surface area contributed by atoms with E-state index >= 15 is 0 Å². The lowest BCUT2D eigenvalue weighted by molar-refractivity contribution is 0.163. The molecule has 8 nitrogen and oxygen atoms in total. The third-order valence-electron chi connectivity index (χ3n) is 6.14. The van der Waals surface area contributed by atoms with E-state index in [1.165, 1.54) is 0 Å². The Labute approximate surface area is 212 Å². The number of pyridine rings is 1. The van der Waals surface area contributed by atoms with Crippen LogP contribution in [0.5, 0.6) is 0 Å². The van der Waals surface area contributed by atoms with Gasteiger partial charge in [-0.25, -0.2) is 15.0 Å². The molecule has 4 aromatic rings. The number of hydrogen-bond acceptors (Lipinski definition) is 7. The first-order chi connectivity index (χ1) is 17.2. The molecular formula is C28H33N7O. The minimum absolute atomic E-state index is 0.0547. The van der Waals surface area contributed by atoms with Crippen LogP contribution in [0.25, 0.3) is 17.0 Å². The molecule has 0 aliphatic rings. The third kappa shape index (κ3) is 5.54. The number of hydrogen-bond donors (Lipinski definition) is 3. The molecule has 0 aliphatic carbocycles. The molecule has 186 valence electrons. The van der Waals surface area contributed by atoms with E-state index in [2.05, 4.69) is 60.4 Å². The maximum Gasteiger partial charge on any atom is 0.223 e.